The number of nitrogens with two attached hydrogens (primary N) is 1. The molecule has 1 unspecified atom stereocenters. The maximum Gasteiger partial charge on any atom is 0.0897 e. The van der Waals surface area contributed by atoms with E-state index in [1.807, 2.05) is 30.3 Å². The Morgan fingerprint density at radius 3 is 2.16 bits per heavy atom. The van der Waals surface area contributed by atoms with E-state index >= 15 is 0 Å². The molecule has 4 heteroatoms. The smallest absolute Gasteiger partial charge is 0.0897 e. The highest BCUT2D eigenvalue weighted by Crippen LogP contribution is 2.21. The van der Waals surface area contributed by atoms with Crippen LogP contribution in [0.4, 0.5) is 0 Å². The molecule has 3 aromatic rings. The van der Waals surface area contributed by atoms with Gasteiger partial charge in [-0.15, -0.1) is 12.4 Å². The quantitative estimate of drug-likeness (QED) is 0.729. The number of fused-ring (bicyclic) bond motifs is 2. The predicted octanol–water partition coefficient (Wildman–Crippen LogP) is 3.27. The van der Waals surface area contributed by atoms with E-state index in [1.165, 1.54) is 5.56 Å². The topological polar surface area (TPSA) is 51.8 Å². The summed E-state index contributed by atoms with van der Waals surface area (Å²) < 4.78 is 0. The van der Waals surface area contributed by atoms with Gasteiger partial charge in [0.2, 0.25) is 0 Å². The van der Waals surface area contributed by atoms with E-state index in [4.69, 9.17) is 5.73 Å². The van der Waals surface area contributed by atoms with Crippen molar-refractivity contribution in [3.63, 3.8) is 0 Å². The third-order valence-corrected chi connectivity index (χ3v) is 3.29. The van der Waals surface area contributed by atoms with Crippen molar-refractivity contribution in [1.29, 1.82) is 0 Å². The molecule has 0 aliphatic heterocycles. The van der Waals surface area contributed by atoms with Gasteiger partial charge >= 0.3 is 0 Å². The highest BCUT2D eigenvalue weighted by molar-refractivity contribution is 5.86. The van der Waals surface area contributed by atoms with Gasteiger partial charge in [-0.3, -0.25) is 0 Å². The number of hydrogen-bond donors (Lipinski definition) is 1. The van der Waals surface area contributed by atoms with Gasteiger partial charge < -0.3 is 5.73 Å². The van der Waals surface area contributed by atoms with Gasteiger partial charge in [0.1, 0.15) is 0 Å². The Morgan fingerprint density at radius 1 is 0.947 bits per heavy atom. The fourth-order valence-electron chi connectivity index (χ4n) is 2.08. The first-order valence-corrected chi connectivity index (χ1v) is 6.14. The zero-order valence-corrected chi connectivity index (χ0v) is 11.5. The Bertz CT molecular complexity index is 712. The molecule has 2 aromatic carbocycles. The monoisotopic (exact) mass is 273 g/mol. The summed E-state index contributed by atoms with van der Waals surface area (Å²) in [7, 11) is 0. The molecule has 98 valence electrons. The van der Waals surface area contributed by atoms with Gasteiger partial charge in [0.05, 0.1) is 22.1 Å². The van der Waals surface area contributed by atoms with Crippen molar-refractivity contribution in [3.05, 3.63) is 48.0 Å². The first-order chi connectivity index (χ1) is 8.78. The molecule has 0 saturated carbocycles. The average molecular weight is 274 g/mol. The molecule has 3 nitrogen and oxygen atoms in total. The second-order valence-electron chi connectivity index (χ2n) is 4.60. The molecular formula is C15H16ClN3. The molecule has 1 atom stereocenters. The molecule has 3 rings (SSSR count). The van der Waals surface area contributed by atoms with E-state index in [-0.39, 0.29) is 12.4 Å². The van der Waals surface area contributed by atoms with Crippen LogP contribution in [0.1, 0.15) is 18.4 Å². The lowest BCUT2D eigenvalue weighted by Crippen LogP contribution is -2.08. The van der Waals surface area contributed by atoms with Gasteiger partial charge in [0, 0.05) is 0 Å². The molecule has 0 aliphatic rings. The second kappa shape index (κ2) is 5.51. The van der Waals surface area contributed by atoms with Crippen LogP contribution < -0.4 is 5.73 Å². The van der Waals surface area contributed by atoms with Gasteiger partial charge in [0.15, 0.2) is 0 Å². The standard InChI is InChI=1S/C15H15N3.ClH/c1-10(9-16)11-6-7-14-15(8-11)18-13-5-3-2-4-12(13)17-14;/h2-8,10H,9,16H2,1H3;1H. The fourth-order valence-corrected chi connectivity index (χ4v) is 2.08. The van der Waals surface area contributed by atoms with Crippen LogP contribution in [-0.4, -0.2) is 16.5 Å². The van der Waals surface area contributed by atoms with Gasteiger partial charge in [-0.25, -0.2) is 9.97 Å². The molecule has 0 amide bonds. The van der Waals surface area contributed by atoms with Crippen LogP contribution >= 0.6 is 12.4 Å². The van der Waals surface area contributed by atoms with Crippen LogP contribution in [-0.2, 0) is 0 Å². The summed E-state index contributed by atoms with van der Waals surface area (Å²) >= 11 is 0. The minimum atomic E-state index is 0. The van der Waals surface area contributed by atoms with Crippen molar-refractivity contribution in [2.45, 2.75) is 12.8 Å². The number of benzene rings is 2. The van der Waals surface area contributed by atoms with Crippen molar-refractivity contribution in [1.82, 2.24) is 9.97 Å². The van der Waals surface area contributed by atoms with Crippen molar-refractivity contribution in [2.24, 2.45) is 5.73 Å². The summed E-state index contributed by atoms with van der Waals surface area (Å²) in [5, 5.41) is 0. The van der Waals surface area contributed by atoms with Crippen molar-refractivity contribution in [2.75, 3.05) is 6.54 Å². The third kappa shape index (κ3) is 2.53. The van der Waals surface area contributed by atoms with E-state index in [2.05, 4.69) is 29.0 Å². The minimum absolute atomic E-state index is 0. The molecule has 0 fully saturated rings. The molecule has 1 heterocycles. The highest BCUT2D eigenvalue weighted by atomic mass is 35.5. The maximum atomic E-state index is 5.70. The van der Waals surface area contributed by atoms with E-state index in [9.17, 15) is 0 Å². The zero-order valence-electron chi connectivity index (χ0n) is 10.7. The molecular weight excluding hydrogens is 258 g/mol. The number of nitrogens with zero attached hydrogens (tertiary/aromatic N) is 2. The minimum Gasteiger partial charge on any atom is -0.330 e. The number of para-hydroxylation sites is 2. The molecule has 19 heavy (non-hydrogen) atoms. The molecule has 0 bridgehead atoms. The molecule has 0 spiro atoms. The number of halogens is 1. The first-order valence-electron chi connectivity index (χ1n) is 6.14. The molecule has 1 aromatic heterocycles. The largest absolute Gasteiger partial charge is 0.330 e. The Morgan fingerprint density at radius 2 is 1.53 bits per heavy atom. The molecule has 2 N–H and O–H groups in total. The second-order valence-corrected chi connectivity index (χ2v) is 4.60. The summed E-state index contributed by atoms with van der Waals surface area (Å²) in [6.07, 6.45) is 0. The molecule has 0 aliphatic carbocycles. The summed E-state index contributed by atoms with van der Waals surface area (Å²) in [5.74, 6) is 0.350. The van der Waals surface area contributed by atoms with Crippen molar-refractivity contribution in [3.8, 4) is 0 Å². The lowest BCUT2D eigenvalue weighted by molar-refractivity contribution is 0.775. The summed E-state index contributed by atoms with van der Waals surface area (Å²) in [6.45, 7) is 2.77. The Labute approximate surface area is 118 Å². The van der Waals surface area contributed by atoms with Crippen LogP contribution in [0.5, 0.6) is 0 Å². The van der Waals surface area contributed by atoms with E-state index in [0.29, 0.717) is 12.5 Å². The lowest BCUT2D eigenvalue weighted by Gasteiger charge is -2.09. The zero-order chi connectivity index (χ0) is 12.5. The summed E-state index contributed by atoms with van der Waals surface area (Å²) in [6, 6.07) is 14.1. The number of rotatable bonds is 2. The Hall–Kier alpha value is -1.71. The normalized spacial score (nSPS) is 12.3. The van der Waals surface area contributed by atoms with E-state index < -0.39 is 0 Å². The number of hydrogen-bond acceptors (Lipinski definition) is 3. The Kier molecular flexibility index (Phi) is 3.98. The Balaban J connectivity index is 0.00000133. The van der Waals surface area contributed by atoms with Crippen LogP contribution in [0.15, 0.2) is 42.5 Å². The van der Waals surface area contributed by atoms with Crippen molar-refractivity contribution < 1.29 is 0 Å². The third-order valence-electron chi connectivity index (χ3n) is 3.29. The van der Waals surface area contributed by atoms with Crippen molar-refractivity contribution >= 4 is 34.5 Å². The van der Waals surface area contributed by atoms with Gasteiger partial charge in [-0.1, -0.05) is 25.1 Å². The van der Waals surface area contributed by atoms with Gasteiger partial charge in [-0.2, -0.15) is 0 Å². The SMILES string of the molecule is CC(CN)c1ccc2nc3ccccc3nc2c1.Cl. The average Bonchev–Trinajstić information content (AvgIpc) is 2.43. The first kappa shape index (κ1) is 13.7. The van der Waals surface area contributed by atoms with Gasteiger partial charge in [-0.05, 0) is 42.3 Å². The summed E-state index contributed by atoms with van der Waals surface area (Å²) in [4.78, 5) is 9.26. The van der Waals surface area contributed by atoms with E-state index in [0.717, 1.165) is 22.1 Å². The highest BCUT2D eigenvalue weighted by Gasteiger charge is 2.06. The predicted molar refractivity (Wildman–Crippen MR) is 81.8 cm³/mol. The molecule has 0 saturated heterocycles. The summed E-state index contributed by atoms with van der Waals surface area (Å²) in [5.41, 5.74) is 10.7. The van der Waals surface area contributed by atoms with Crippen LogP contribution in [0.25, 0.3) is 22.1 Å². The number of aromatic nitrogens is 2. The van der Waals surface area contributed by atoms with Crippen LogP contribution in [0, 0.1) is 0 Å². The maximum absolute atomic E-state index is 5.70. The lowest BCUT2D eigenvalue weighted by atomic mass is 10.0. The molecule has 0 radical (unpaired) electrons. The van der Waals surface area contributed by atoms with Crippen LogP contribution in [0.2, 0.25) is 0 Å². The van der Waals surface area contributed by atoms with Gasteiger partial charge in [0.25, 0.3) is 0 Å². The van der Waals surface area contributed by atoms with Crippen LogP contribution in [0.3, 0.4) is 0 Å². The fraction of sp³-hybridized carbons (Fsp3) is 0.200. The van der Waals surface area contributed by atoms with E-state index in [1.54, 1.807) is 0 Å².